The molecule has 0 atom stereocenters. The average molecular weight is 284 g/mol. The molecule has 0 spiro atoms. The number of halogens is 2. The van der Waals surface area contributed by atoms with Crippen LogP contribution in [0.5, 0.6) is 0 Å². The Hall–Kier alpha value is -1.78. The summed E-state index contributed by atoms with van der Waals surface area (Å²) in [5, 5.41) is 1.10. The molecule has 0 fully saturated rings. The Balaban J connectivity index is 0.000000810. The molecule has 0 saturated heterocycles. The molecule has 0 unspecified atom stereocenters. The van der Waals surface area contributed by atoms with Gasteiger partial charge in [-0.3, -0.25) is 9.20 Å². The third kappa shape index (κ3) is 2.00. The predicted molar refractivity (Wildman–Crippen MR) is 75.7 cm³/mol. The van der Waals surface area contributed by atoms with Crippen molar-refractivity contribution in [3.63, 3.8) is 0 Å². The van der Waals surface area contributed by atoms with Crippen molar-refractivity contribution in [1.29, 1.82) is 0 Å². The monoisotopic (exact) mass is 283 g/mol. The summed E-state index contributed by atoms with van der Waals surface area (Å²) in [6.45, 7) is 0. The van der Waals surface area contributed by atoms with E-state index in [1.165, 1.54) is 0 Å². The van der Waals surface area contributed by atoms with Crippen molar-refractivity contribution < 1.29 is 4.79 Å². The number of nitrogens with zero attached hydrogens (tertiary/aromatic N) is 2. The number of aromatic nitrogens is 2. The van der Waals surface area contributed by atoms with Crippen LogP contribution in [0.2, 0.25) is 0 Å². The molecule has 2 N–H and O–H groups in total. The van der Waals surface area contributed by atoms with Gasteiger partial charge < -0.3 is 5.73 Å². The lowest BCUT2D eigenvalue weighted by Gasteiger charge is -2.01. The van der Waals surface area contributed by atoms with Crippen molar-refractivity contribution in [2.45, 2.75) is 0 Å². The first-order valence-electron chi connectivity index (χ1n) is 4.92. The molecule has 18 heavy (non-hydrogen) atoms. The number of nitrogens with two attached hydrogens (primary N) is 1. The van der Waals surface area contributed by atoms with Gasteiger partial charge in [0, 0.05) is 0 Å². The predicted octanol–water partition coefficient (Wildman–Crippen LogP) is 2.43. The van der Waals surface area contributed by atoms with Gasteiger partial charge in [-0.25, -0.2) is 4.98 Å². The Bertz CT molecular complexity index is 709. The highest BCUT2D eigenvalue weighted by Gasteiger charge is 2.10. The fourth-order valence-electron chi connectivity index (χ4n) is 1.92. The Morgan fingerprint density at radius 2 is 1.78 bits per heavy atom. The zero-order chi connectivity index (χ0) is 11.1. The highest BCUT2D eigenvalue weighted by Crippen LogP contribution is 2.18. The minimum absolute atomic E-state index is 0. The van der Waals surface area contributed by atoms with Crippen LogP contribution in [0.3, 0.4) is 0 Å². The molecule has 0 radical (unpaired) electrons. The van der Waals surface area contributed by atoms with Crippen LogP contribution in [0.15, 0.2) is 42.7 Å². The molecule has 6 heteroatoms. The number of primary amides is 1. The lowest BCUT2D eigenvalue weighted by molar-refractivity contribution is 0.0997. The number of pyridine rings is 1. The van der Waals surface area contributed by atoms with Crippen LogP contribution in [-0.2, 0) is 0 Å². The summed E-state index contributed by atoms with van der Waals surface area (Å²) in [4.78, 5) is 15.2. The van der Waals surface area contributed by atoms with Crippen molar-refractivity contribution in [2.24, 2.45) is 5.73 Å². The van der Waals surface area contributed by atoms with Crippen molar-refractivity contribution in [3.05, 3.63) is 48.4 Å². The molecule has 0 aliphatic rings. The van der Waals surface area contributed by atoms with Gasteiger partial charge in [0.1, 0.15) is 6.33 Å². The van der Waals surface area contributed by atoms with Crippen molar-refractivity contribution in [3.8, 4) is 0 Å². The highest BCUT2D eigenvalue weighted by atomic mass is 35.5. The minimum atomic E-state index is -0.502. The van der Waals surface area contributed by atoms with E-state index in [1.54, 1.807) is 6.33 Å². The number of rotatable bonds is 1. The molecule has 3 rings (SSSR count). The van der Waals surface area contributed by atoms with E-state index in [0.717, 1.165) is 16.4 Å². The maximum atomic E-state index is 11.2. The molecule has 2 aromatic heterocycles. The lowest BCUT2D eigenvalue weighted by atomic mass is 10.2. The van der Waals surface area contributed by atoms with Gasteiger partial charge in [-0.05, 0) is 17.5 Å². The van der Waals surface area contributed by atoms with E-state index in [0.29, 0.717) is 5.69 Å². The number of benzene rings is 1. The summed E-state index contributed by atoms with van der Waals surface area (Å²) in [6, 6.07) is 11.7. The largest absolute Gasteiger partial charge is 0.364 e. The molecule has 1 aromatic carbocycles. The minimum Gasteiger partial charge on any atom is -0.364 e. The summed E-state index contributed by atoms with van der Waals surface area (Å²) in [5.41, 5.74) is 7.32. The van der Waals surface area contributed by atoms with Gasteiger partial charge >= 0.3 is 0 Å². The average Bonchev–Trinajstić information content (AvgIpc) is 2.73. The molecule has 3 aromatic rings. The van der Waals surface area contributed by atoms with Gasteiger partial charge in [0.25, 0.3) is 5.91 Å². The SMILES string of the molecule is Cl.Cl.NC(=O)c1ncn2c1ccc1ccccc12. The van der Waals surface area contributed by atoms with Gasteiger partial charge in [0.05, 0.1) is 11.0 Å². The van der Waals surface area contributed by atoms with E-state index in [-0.39, 0.29) is 24.8 Å². The quantitative estimate of drug-likeness (QED) is 0.746. The Labute approximate surface area is 116 Å². The van der Waals surface area contributed by atoms with E-state index < -0.39 is 5.91 Å². The van der Waals surface area contributed by atoms with Gasteiger partial charge in [-0.15, -0.1) is 24.8 Å². The highest BCUT2D eigenvalue weighted by molar-refractivity contribution is 5.99. The van der Waals surface area contributed by atoms with Crippen LogP contribution in [0, 0.1) is 0 Å². The smallest absolute Gasteiger partial charge is 0.269 e. The summed E-state index contributed by atoms with van der Waals surface area (Å²) in [6.07, 6.45) is 1.62. The second-order valence-corrected chi connectivity index (χ2v) is 3.60. The number of para-hydroxylation sites is 1. The van der Waals surface area contributed by atoms with E-state index in [4.69, 9.17) is 5.73 Å². The van der Waals surface area contributed by atoms with Gasteiger partial charge in [0.2, 0.25) is 0 Å². The molecule has 0 aliphatic heterocycles. The molecular weight excluding hydrogens is 273 g/mol. The number of amides is 1. The molecule has 4 nitrogen and oxygen atoms in total. The standard InChI is InChI=1S/C12H9N3O.2ClH/c13-12(16)11-10-6-5-8-3-1-2-4-9(8)15(10)7-14-11;;/h1-7H,(H2,13,16);2*1H. The molecule has 0 aliphatic carbocycles. The maximum absolute atomic E-state index is 11.2. The first-order chi connectivity index (χ1) is 7.77. The molecular formula is C12H11Cl2N3O. The van der Waals surface area contributed by atoms with Crippen molar-refractivity contribution >= 4 is 47.1 Å². The third-order valence-electron chi connectivity index (χ3n) is 2.65. The maximum Gasteiger partial charge on any atom is 0.269 e. The van der Waals surface area contributed by atoms with Crippen LogP contribution in [-0.4, -0.2) is 15.3 Å². The third-order valence-corrected chi connectivity index (χ3v) is 2.65. The second kappa shape index (κ2) is 5.25. The van der Waals surface area contributed by atoms with E-state index in [2.05, 4.69) is 4.98 Å². The normalized spacial score (nSPS) is 9.78. The van der Waals surface area contributed by atoms with Crippen LogP contribution in [0.25, 0.3) is 16.4 Å². The second-order valence-electron chi connectivity index (χ2n) is 3.60. The summed E-state index contributed by atoms with van der Waals surface area (Å²) >= 11 is 0. The van der Waals surface area contributed by atoms with E-state index in [9.17, 15) is 4.79 Å². The van der Waals surface area contributed by atoms with Crippen LogP contribution < -0.4 is 5.73 Å². The van der Waals surface area contributed by atoms with Gasteiger partial charge in [-0.2, -0.15) is 0 Å². The van der Waals surface area contributed by atoms with Gasteiger partial charge in [0.15, 0.2) is 5.69 Å². The molecule has 1 amide bonds. The first kappa shape index (κ1) is 14.3. The van der Waals surface area contributed by atoms with Gasteiger partial charge in [-0.1, -0.05) is 24.3 Å². The van der Waals surface area contributed by atoms with E-state index in [1.807, 2.05) is 40.8 Å². The Morgan fingerprint density at radius 1 is 1.06 bits per heavy atom. The lowest BCUT2D eigenvalue weighted by Crippen LogP contribution is -2.11. The first-order valence-corrected chi connectivity index (χ1v) is 4.92. The van der Waals surface area contributed by atoms with E-state index >= 15 is 0 Å². The number of hydrogen-bond donors (Lipinski definition) is 1. The van der Waals surface area contributed by atoms with Crippen molar-refractivity contribution in [2.75, 3.05) is 0 Å². The zero-order valence-corrected chi connectivity index (χ0v) is 10.9. The number of carbonyl (C=O) groups is 1. The Morgan fingerprint density at radius 3 is 2.50 bits per heavy atom. The zero-order valence-electron chi connectivity index (χ0n) is 9.24. The Kier molecular flexibility index (Phi) is 4.16. The topological polar surface area (TPSA) is 60.4 Å². The molecule has 94 valence electrons. The van der Waals surface area contributed by atoms with Crippen LogP contribution >= 0.6 is 24.8 Å². The summed E-state index contributed by atoms with van der Waals surface area (Å²) in [5.74, 6) is -0.502. The fourth-order valence-corrected chi connectivity index (χ4v) is 1.92. The van der Waals surface area contributed by atoms with Crippen LogP contribution in [0.4, 0.5) is 0 Å². The molecule has 0 saturated carbocycles. The molecule has 2 heterocycles. The summed E-state index contributed by atoms with van der Waals surface area (Å²) < 4.78 is 1.87. The number of hydrogen-bond acceptors (Lipinski definition) is 2. The fraction of sp³-hybridized carbons (Fsp3) is 0. The number of fused-ring (bicyclic) bond motifs is 3. The van der Waals surface area contributed by atoms with Crippen LogP contribution in [0.1, 0.15) is 10.5 Å². The summed E-state index contributed by atoms with van der Waals surface area (Å²) in [7, 11) is 0. The number of carbonyl (C=O) groups excluding carboxylic acids is 1. The number of imidazole rings is 1. The van der Waals surface area contributed by atoms with Crippen molar-refractivity contribution in [1.82, 2.24) is 9.38 Å². The molecule has 0 bridgehead atoms.